The Kier molecular flexibility index (Phi) is 7.51. The summed E-state index contributed by atoms with van der Waals surface area (Å²) in [5.41, 5.74) is 5.21. The molecule has 3 heteroatoms. The van der Waals surface area contributed by atoms with E-state index in [-0.39, 0.29) is 0 Å². The summed E-state index contributed by atoms with van der Waals surface area (Å²) in [6, 6.07) is 25.1. The number of methoxy groups -OCH3 is 1. The van der Waals surface area contributed by atoms with Gasteiger partial charge in [0.1, 0.15) is 0 Å². The highest BCUT2D eigenvalue weighted by molar-refractivity contribution is 5.43. The van der Waals surface area contributed by atoms with Crippen LogP contribution in [0, 0.1) is 6.92 Å². The fourth-order valence-electron chi connectivity index (χ4n) is 3.21. The summed E-state index contributed by atoms with van der Waals surface area (Å²) in [6.45, 7) is 4.56. The van der Waals surface area contributed by atoms with E-state index >= 15 is 0 Å². The molecule has 0 atom stereocenters. The summed E-state index contributed by atoms with van der Waals surface area (Å²) >= 11 is 0. The minimum Gasteiger partial charge on any atom is -0.493 e. The zero-order chi connectivity index (χ0) is 19.6. The van der Waals surface area contributed by atoms with Crippen LogP contribution in [-0.2, 0) is 19.4 Å². The van der Waals surface area contributed by atoms with Crippen molar-refractivity contribution in [1.82, 2.24) is 5.32 Å². The number of hydrogen-bond donors (Lipinski definition) is 1. The first-order chi connectivity index (χ1) is 13.8. The van der Waals surface area contributed by atoms with Gasteiger partial charge in [-0.1, -0.05) is 60.7 Å². The first kappa shape index (κ1) is 20.0. The predicted octanol–water partition coefficient (Wildman–Crippen LogP) is 4.96. The standard InChI is InChI=1S/C25H29NO2/c1-20-8-6-7-11-23(20)14-16-26-19-22-12-13-24(25(18-22)27-2)28-17-15-21-9-4-3-5-10-21/h3-13,18,26H,14-17,19H2,1-2H3. The predicted molar refractivity (Wildman–Crippen MR) is 115 cm³/mol. The van der Waals surface area contributed by atoms with Crippen molar-refractivity contribution in [2.24, 2.45) is 0 Å². The highest BCUT2D eigenvalue weighted by atomic mass is 16.5. The molecule has 0 aliphatic carbocycles. The van der Waals surface area contributed by atoms with E-state index in [0.29, 0.717) is 6.61 Å². The first-order valence-electron chi connectivity index (χ1n) is 9.85. The molecule has 0 fully saturated rings. The Morgan fingerprint density at radius 2 is 1.57 bits per heavy atom. The molecule has 0 spiro atoms. The van der Waals surface area contributed by atoms with Gasteiger partial charge < -0.3 is 14.8 Å². The largest absolute Gasteiger partial charge is 0.493 e. The van der Waals surface area contributed by atoms with Gasteiger partial charge in [0, 0.05) is 13.0 Å². The van der Waals surface area contributed by atoms with Crippen LogP contribution in [0.3, 0.4) is 0 Å². The highest BCUT2D eigenvalue weighted by Gasteiger charge is 2.06. The Morgan fingerprint density at radius 3 is 2.36 bits per heavy atom. The summed E-state index contributed by atoms with van der Waals surface area (Å²) < 4.78 is 11.5. The molecule has 0 aliphatic rings. The Balaban J connectivity index is 1.47. The second-order valence-electron chi connectivity index (χ2n) is 6.92. The van der Waals surface area contributed by atoms with Crippen LogP contribution in [0.25, 0.3) is 0 Å². The van der Waals surface area contributed by atoms with Gasteiger partial charge in [0.05, 0.1) is 13.7 Å². The maximum absolute atomic E-state index is 5.94. The van der Waals surface area contributed by atoms with E-state index in [1.807, 2.05) is 12.1 Å². The highest BCUT2D eigenvalue weighted by Crippen LogP contribution is 2.28. The van der Waals surface area contributed by atoms with Gasteiger partial charge in [-0.3, -0.25) is 0 Å². The van der Waals surface area contributed by atoms with Crippen molar-refractivity contribution in [3.8, 4) is 11.5 Å². The molecule has 3 rings (SSSR count). The van der Waals surface area contributed by atoms with Crippen molar-refractivity contribution in [1.29, 1.82) is 0 Å². The maximum atomic E-state index is 5.94. The fourth-order valence-corrected chi connectivity index (χ4v) is 3.21. The van der Waals surface area contributed by atoms with Crippen LogP contribution in [0.1, 0.15) is 22.3 Å². The third kappa shape index (κ3) is 5.86. The van der Waals surface area contributed by atoms with Crippen molar-refractivity contribution in [2.45, 2.75) is 26.3 Å². The van der Waals surface area contributed by atoms with E-state index < -0.39 is 0 Å². The Morgan fingerprint density at radius 1 is 0.786 bits per heavy atom. The van der Waals surface area contributed by atoms with Gasteiger partial charge >= 0.3 is 0 Å². The summed E-state index contributed by atoms with van der Waals surface area (Å²) in [7, 11) is 1.69. The smallest absolute Gasteiger partial charge is 0.161 e. The van der Waals surface area contributed by atoms with E-state index in [4.69, 9.17) is 9.47 Å². The molecule has 0 aliphatic heterocycles. The van der Waals surface area contributed by atoms with E-state index in [2.05, 4.69) is 72.9 Å². The lowest BCUT2D eigenvalue weighted by Crippen LogP contribution is -2.17. The Hall–Kier alpha value is -2.78. The fraction of sp³-hybridized carbons (Fsp3) is 0.280. The van der Waals surface area contributed by atoms with E-state index in [9.17, 15) is 0 Å². The zero-order valence-electron chi connectivity index (χ0n) is 16.8. The average Bonchev–Trinajstić information content (AvgIpc) is 2.74. The molecule has 0 saturated carbocycles. The third-order valence-corrected chi connectivity index (χ3v) is 4.88. The monoisotopic (exact) mass is 375 g/mol. The van der Waals surface area contributed by atoms with Crippen molar-refractivity contribution in [3.63, 3.8) is 0 Å². The van der Waals surface area contributed by atoms with Gasteiger partial charge in [0.2, 0.25) is 0 Å². The molecule has 0 unspecified atom stereocenters. The Labute approximate surface area is 168 Å². The molecule has 0 heterocycles. The lowest BCUT2D eigenvalue weighted by molar-refractivity contribution is 0.297. The lowest BCUT2D eigenvalue weighted by atomic mass is 10.1. The molecular formula is C25H29NO2. The maximum Gasteiger partial charge on any atom is 0.161 e. The SMILES string of the molecule is COc1cc(CNCCc2ccccc2C)ccc1OCCc1ccccc1. The summed E-state index contributed by atoms with van der Waals surface area (Å²) in [5.74, 6) is 1.58. The van der Waals surface area contributed by atoms with Crippen LogP contribution in [0.2, 0.25) is 0 Å². The molecule has 0 bridgehead atoms. The van der Waals surface area contributed by atoms with Crippen molar-refractivity contribution < 1.29 is 9.47 Å². The van der Waals surface area contributed by atoms with Crippen LogP contribution in [0.15, 0.2) is 72.8 Å². The number of rotatable bonds is 10. The second kappa shape index (κ2) is 10.5. The van der Waals surface area contributed by atoms with Crippen molar-refractivity contribution in [3.05, 3.63) is 95.1 Å². The van der Waals surface area contributed by atoms with Crippen LogP contribution in [0.4, 0.5) is 0 Å². The number of aryl methyl sites for hydroxylation is 1. The second-order valence-corrected chi connectivity index (χ2v) is 6.92. The molecule has 0 amide bonds. The minimum absolute atomic E-state index is 0.633. The molecular weight excluding hydrogens is 346 g/mol. The normalized spacial score (nSPS) is 10.6. The van der Waals surface area contributed by atoms with Crippen molar-refractivity contribution in [2.75, 3.05) is 20.3 Å². The summed E-state index contributed by atoms with van der Waals surface area (Å²) in [4.78, 5) is 0. The van der Waals surface area contributed by atoms with Gasteiger partial charge in [-0.05, 0) is 54.3 Å². The molecule has 0 aromatic heterocycles. The average molecular weight is 376 g/mol. The van der Waals surface area contributed by atoms with Gasteiger partial charge in [-0.2, -0.15) is 0 Å². The molecule has 0 saturated heterocycles. The molecule has 1 N–H and O–H groups in total. The Bertz CT molecular complexity index is 861. The lowest BCUT2D eigenvalue weighted by Gasteiger charge is -2.13. The van der Waals surface area contributed by atoms with Gasteiger partial charge in [0.25, 0.3) is 0 Å². The van der Waals surface area contributed by atoms with Crippen LogP contribution in [-0.4, -0.2) is 20.3 Å². The first-order valence-corrected chi connectivity index (χ1v) is 9.85. The number of ether oxygens (including phenoxy) is 2. The number of hydrogen-bond acceptors (Lipinski definition) is 3. The minimum atomic E-state index is 0.633. The zero-order valence-corrected chi connectivity index (χ0v) is 16.8. The molecule has 3 aromatic rings. The van der Waals surface area contributed by atoms with Crippen LogP contribution < -0.4 is 14.8 Å². The van der Waals surface area contributed by atoms with Crippen molar-refractivity contribution >= 4 is 0 Å². The summed E-state index contributed by atoms with van der Waals surface area (Å²) in [6.07, 6.45) is 1.91. The third-order valence-electron chi connectivity index (χ3n) is 4.88. The molecule has 0 radical (unpaired) electrons. The van der Waals surface area contributed by atoms with E-state index in [1.54, 1.807) is 7.11 Å². The number of benzene rings is 3. The molecule has 3 nitrogen and oxygen atoms in total. The van der Waals surface area contributed by atoms with Crippen LogP contribution in [0.5, 0.6) is 11.5 Å². The van der Waals surface area contributed by atoms with Gasteiger partial charge in [0.15, 0.2) is 11.5 Å². The topological polar surface area (TPSA) is 30.5 Å². The van der Waals surface area contributed by atoms with Gasteiger partial charge in [-0.25, -0.2) is 0 Å². The van der Waals surface area contributed by atoms with E-state index in [1.165, 1.54) is 22.3 Å². The quantitative estimate of drug-likeness (QED) is 0.508. The van der Waals surface area contributed by atoms with Crippen LogP contribution >= 0.6 is 0 Å². The summed E-state index contributed by atoms with van der Waals surface area (Å²) in [5, 5.41) is 3.52. The molecule has 28 heavy (non-hydrogen) atoms. The molecule has 146 valence electrons. The van der Waals surface area contributed by atoms with E-state index in [0.717, 1.165) is 37.4 Å². The molecule has 3 aromatic carbocycles. The number of nitrogens with one attached hydrogen (secondary N) is 1. The van der Waals surface area contributed by atoms with Gasteiger partial charge in [-0.15, -0.1) is 0 Å².